The lowest BCUT2D eigenvalue weighted by atomic mass is 10.1. The molecule has 0 fully saturated rings. The molecule has 2 N–H and O–H groups in total. The van der Waals surface area contributed by atoms with Gasteiger partial charge in [-0.15, -0.1) is 0 Å². The Bertz CT molecular complexity index is 994. The molecule has 2 aromatic carbocycles. The minimum Gasteiger partial charge on any atom is -0.479 e. The zero-order valence-electron chi connectivity index (χ0n) is 12.9. The van der Waals surface area contributed by atoms with Crippen molar-refractivity contribution >= 4 is 32.6 Å². The maximum atomic E-state index is 11.8. The number of fused-ring (bicyclic) bond motifs is 1. The van der Waals surface area contributed by atoms with E-state index >= 15 is 0 Å². The first-order valence-electron chi connectivity index (χ1n) is 7.22. The van der Waals surface area contributed by atoms with Gasteiger partial charge in [-0.05, 0) is 23.8 Å². The molecule has 24 heavy (non-hydrogen) atoms. The zero-order chi connectivity index (χ0) is 17.3. The van der Waals surface area contributed by atoms with Gasteiger partial charge in [0, 0.05) is 11.6 Å². The van der Waals surface area contributed by atoms with Gasteiger partial charge in [0.2, 0.25) is 10.0 Å². The number of hydrogen-bond acceptors (Lipinski definition) is 3. The third kappa shape index (κ3) is 3.11. The molecule has 0 saturated heterocycles. The Morgan fingerprint density at radius 3 is 2.42 bits per heavy atom. The van der Waals surface area contributed by atoms with Crippen LogP contribution in [-0.4, -0.2) is 30.3 Å². The lowest BCUT2D eigenvalue weighted by Crippen LogP contribution is -2.19. The summed E-state index contributed by atoms with van der Waals surface area (Å²) in [6.45, 7) is 0. The fourth-order valence-electron chi connectivity index (χ4n) is 2.76. The highest BCUT2D eigenvalue weighted by Gasteiger charge is 2.23. The molecule has 7 heteroatoms. The van der Waals surface area contributed by atoms with Gasteiger partial charge in [-0.3, -0.25) is 4.72 Å². The Balaban J connectivity index is 2.16. The summed E-state index contributed by atoms with van der Waals surface area (Å²) < 4.78 is 27.1. The van der Waals surface area contributed by atoms with Crippen LogP contribution in [0.2, 0.25) is 0 Å². The van der Waals surface area contributed by atoms with E-state index in [4.69, 9.17) is 0 Å². The Morgan fingerprint density at radius 1 is 1.08 bits per heavy atom. The molecule has 0 aliphatic heterocycles. The van der Waals surface area contributed by atoms with Crippen molar-refractivity contribution in [3.8, 4) is 0 Å². The minimum absolute atomic E-state index is 0.422. The lowest BCUT2D eigenvalue weighted by molar-refractivity contribution is -0.139. The Morgan fingerprint density at radius 2 is 1.79 bits per heavy atom. The summed E-state index contributed by atoms with van der Waals surface area (Å²) in [6, 6.07) is 14.8. The van der Waals surface area contributed by atoms with Crippen LogP contribution in [0.3, 0.4) is 0 Å². The number of rotatable bonds is 5. The third-order valence-electron chi connectivity index (χ3n) is 3.69. The van der Waals surface area contributed by atoms with Crippen LogP contribution in [0.15, 0.2) is 60.8 Å². The first kappa shape index (κ1) is 16.1. The van der Waals surface area contributed by atoms with Crippen molar-refractivity contribution < 1.29 is 18.3 Å². The number of carboxylic acid groups (broad SMARTS) is 1. The zero-order valence-corrected chi connectivity index (χ0v) is 13.7. The molecule has 0 bridgehead atoms. The van der Waals surface area contributed by atoms with Crippen LogP contribution in [0.4, 0.5) is 5.69 Å². The van der Waals surface area contributed by atoms with Crippen LogP contribution in [-0.2, 0) is 14.8 Å². The van der Waals surface area contributed by atoms with E-state index in [-0.39, 0.29) is 0 Å². The van der Waals surface area contributed by atoms with Crippen molar-refractivity contribution in [2.75, 3.05) is 11.0 Å². The van der Waals surface area contributed by atoms with Gasteiger partial charge in [0.05, 0.1) is 17.5 Å². The summed E-state index contributed by atoms with van der Waals surface area (Å²) in [5.41, 5.74) is 1.70. The molecule has 3 rings (SSSR count). The number of sulfonamides is 1. The number of carbonyl (C=O) groups is 1. The molecule has 0 saturated carbocycles. The summed E-state index contributed by atoms with van der Waals surface area (Å²) in [5, 5.41) is 10.3. The normalized spacial score (nSPS) is 12.9. The van der Waals surface area contributed by atoms with Crippen molar-refractivity contribution in [2.45, 2.75) is 6.04 Å². The average molecular weight is 344 g/mol. The Hall–Kier alpha value is -2.80. The second-order valence-electron chi connectivity index (χ2n) is 5.49. The van der Waals surface area contributed by atoms with Crippen LogP contribution < -0.4 is 4.72 Å². The molecule has 1 aromatic heterocycles. The molecule has 0 amide bonds. The summed E-state index contributed by atoms with van der Waals surface area (Å²) in [4.78, 5) is 11.8. The Kier molecular flexibility index (Phi) is 4.02. The monoisotopic (exact) mass is 344 g/mol. The second kappa shape index (κ2) is 6.01. The molecule has 0 aliphatic carbocycles. The predicted molar refractivity (Wildman–Crippen MR) is 92.6 cm³/mol. The van der Waals surface area contributed by atoms with Crippen LogP contribution >= 0.6 is 0 Å². The van der Waals surface area contributed by atoms with Crippen LogP contribution in [0.5, 0.6) is 0 Å². The number of benzene rings is 2. The number of carboxylic acids is 1. The van der Waals surface area contributed by atoms with Crippen LogP contribution in [0.25, 0.3) is 10.9 Å². The van der Waals surface area contributed by atoms with Gasteiger partial charge in [-0.25, -0.2) is 13.2 Å². The number of anilines is 1. The van der Waals surface area contributed by atoms with Crippen LogP contribution in [0.1, 0.15) is 11.6 Å². The van der Waals surface area contributed by atoms with Gasteiger partial charge in [-0.2, -0.15) is 0 Å². The van der Waals surface area contributed by atoms with E-state index in [9.17, 15) is 18.3 Å². The lowest BCUT2D eigenvalue weighted by Gasteiger charge is -2.16. The van der Waals surface area contributed by atoms with Gasteiger partial charge in [0.25, 0.3) is 0 Å². The van der Waals surface area contributed by atoms with Crippen molar-refractivity contribution in [1.82, 2.24) is 4.57 Å². The molecule has 0 aliphatic rings. The van der Waals surface area contributed by atoms with Gasteiger partial charge >= 0.3 is 5.97 Å². The topological polar surface area (TPSA) is 88.4 Å². The molecule has 0 spiro atoms. The first-order valence-corrected chi connectivity index (χ1v) is 9.11. The van der Waals surface area contributed by atoms with E-state index in [1.807, 2.05) is 6.07 Å². The molecule has 1 heterocycles. The highest BCUT2D eigenvalue weighted by Crippen LogP contribution is 2.30. The highest BCUT2D eigenvalue weighted by molar-refractivity contribution is 7.92. The summed E-state index contributed by atoms with van der Waals surface area (Å²) in [7, 11) is -3.42. The quantitative estimate of drug-likeness (QED) is 0.745. The number of aliphatic carboxylic acids is 1. The summed E-state index contributed by atoms with van der Waals surface area (Å²) in [5.74, 6) is -0.986. The van der Waals surface area contributed by atoms with Crippen molar-refractivity contribution in [3.05, 3.63) is 66.4 Å². The fourth-order valence-corrected chi connectivity index (χ4v) is 3.34. The SMILES string of the molecule is CS(=O)(=O)Nc1cccc2c1ccn2C(C(=O)O)c1ccccc1. The van der Waals surface area contributed by atoms with Gasteiger partial charge in [0.15, 0.2) is 6.04 Å². The first-order chi connectivity index (χ1) is 11.4. The number of hydrogen-bond donors (Lipinski definition) is 2. The van der Waals surface area contributed by atoms with Gasteiger partial charge in [0.1, 0.15) is 0 Å². The molecule has 0 radical (unpaired) electrons. The maximum Gasteiger partial charge on any atom is 0.331 e. The number of nitrogens with one attached hydrogen (secondary N) is 1. The van der Waals surface area contributed by atoms with Crippen molar-refractivity contribution in [1.29, 1.82) is 0 Å². The average Bonchev–Trinajstić information content (AvgIpc) is 2.92. The van der Waals surface area contributed by atoms with Gasteiger partial charge < -0.3 is 9.67 Å². The largest absolute Gasteiger partial charge is 0.479 e. The van der Waals surface area contributed by atoms with E-state index in [1.54, 1.807) is 59.3 Å². The van der Waals surface area contributed by atoms with E-state index in [1.165, 1.54) is 0 Å². The van der Waals surface area contributed by atoms with E-state index in [2.05, 4.69) is 4.72 Å². The third-order valence-corrected chi connectivity index (χ3v) is 4.28. The number of nitrogens with zero attached hydrogens (tertiary/aromatic N) is 1. The van der Waals surface area contributed by atoms with E-state index < -0.39 is 22.0 Å². The molecule has 3 aromatic rings. The van der Waals surface area contributed by atoms with Crippen molar-refractivity contribution in [2.24, 2.45) is 0 Å². The molecule has 1 unspecified atom stereocenters. The minimum atomic E-state index is -3.42. The fraction of sp³-hybridized carbons (Fsp3) is 0.118. The van der Waals surface area contributed by atoms with Crippen LogP contribution in [0, 0.1) is 0 Å². The summed E-state index contributed by atoms with van der Waals surface area (Å²) >= 11 is 0. The molecular weight excluding hydrogens is 328 g/mol. The standard InChI is InChI=1S/C17H16N2O4S/c1-24(22,23)18-14-8-5-9-15-13(14)10-11-19(15)16(17(20)21)12-6-3-2-4-7-12/h2-11,16,18H,1H3,(H,20,21). The molecule has 1 atom stereocenters. The second-order valence-corrected chi connectivity index (χ2v) is 7.24. The highest BCUT2D eigenvalue weighted by atomic mass is 32.2. The molecule has 124 valence electrons. The Labute approximate surface area is 139 Å². The summed E-state index contributed by atoms with van der Waals surface area (Å²) in [6.07, 6.45) is 2.73. The number of aromatic nitrogens is 1. The molecular formula is C17H16N2O4S. The van der Waals surface area contributed by atoms with E-state index in [0.717, 1.165) is 6.26 Å². The predicted octanol–water partition coefficient (Wildman–Crippen LogP) is 2.69. The van der Waals surface area contributed by atoms with E-state index in [0.29, 0.717) is 22.2 Å². The molecule has 6 nitrogen and oxygen atoms in total. The van der Waals surface area contributed by atoms with Gasteiger partial charge in [-0.1, -0.05) is 36.4 Å². The van der Waals surface area contributed by atoms with Crippen molar-refractivity contribution in [3.63, 3.8) is 0 Å². The maximum absolute atomic E-state index is 11.8. The smallest absolute Gasteiger partial charge is 0.331 e.